The molecule has 1 aromatic carbocycles. The summed E-state index contributed by atoms with van der Waals surface area (Å²) in [6, 6.07) is 16.2. The van der Waals surface area contributed by atoms with Crippen molar-refractivity contribution in [2.24, 2.45) is 0 Å². The number of morpholine rings is 1. The smallest absolute Gasteiger partial charge is 0.253 e. The van der Waals surface area contributed by atoms with Crippen molar-refractivity contribution in [3.05, 3.63) is 98.7 Å². The van der Waals surface area contributed by atoms with Crippen molar-refractivity contribution in [3.8, 4) is 11.1 Å². The van der Waals surface area contributed by atoms with Gasteiger partial charge in [0.25, 0.3) is 11.5 Å². The van der Waals surface area contributed by atoms with Gasteiger partial charge in [0.1, 0.15) is 0 Å². The maximum absolute atomic E-state index is 13.5. The van der Waals surface area contributed by atoms with Gasteiger partial charge in [-0.3, -0.25) is 9.59 Å². The largest absolute Gasteiger partial charge is 0.375 e. The van der Waals surface area contributed by atoms with Gasteiger partial charge in [-0.15, -0.1) is 0 Å². The van der Waals surface area contributed by atoms with Crippen molar-refractivity contribution < 1.29 is 9.53 Å². The molecule has 0 bridgehead atoms. The predicted octanol–water partition coefficient (Wildman–Crippen LogP) is 4.24. The van der Waals surface area contributed by atoms with E-state index in [2.05, 4.69) is 51.3 Å². The number of H-pyrrole nitrogens is 1. The standard InChI is InChI=1S/C30H34N4O3/c1-18-12-19(2)33-30(36)26(18)15-32-29(35)25-14-24-13-23(22-8-6-5-7-9-22)17-34(24)28(20(25)3)21(4)27-16-31-10-11-37-27/h5-9,12-14,17,21,27,31H,10-11,15-16H2,1-4H3,(H,32,35)(H,33,36). The molecule has 7 nitrogen and oxygen atoms in total. The minimum atomic E-state index is -0.196. The molecule has 1 saturated heterocycles. The molecule has 1 aliphatic rings. The number of amides is 1. The first-order valence-electron chi connectivity index (χ1n) is 12.8. The lowest BCUT2D eigenvalue weighted by atomic mass is 9.92. The molecule has 3 aromatic heterocycles. The van der Waals surface area contributed by atoms with Gasteiger partial charge in [-0.1, -0.05) is 37.3 Å². The number of carbonyl (C=O) groups is 1. The highest BCUT2D eigenvalue weighted by Gasteiger charge is 2.28. The highest BCUT2D eigenvalue weighted by molar-refractivity contribution is 5.97. The zero-order valence-electron chi connectivity index (χ0n) is 21.9. The molecule has 0 spiro atoms. The Labute approximate surface area is 216 Å². The monoisotopic (exact) mass is 498 g/mol. The third-order valence-corrected chi connectivity index (χ3v) is 7.41. The van der Waals surface area contributed by atoms with Crippen LogP contribution < -0.4 is 16.2 Å². The highest BCUT2D eigenvalue weighted by atomic mass is 16.5. The van der Waals surface area contributed by atoms with Gasteiger partial charge < -0.3 is 24.8 Å². The van der Waals surface area contributed by atoms with Gasteiger partial charge >= 0.3 is 0 Å². The average molecular weight is 499 g/mol. The molecule has 3 N–H and O–H groups in total. The van der Waals surface area contributed by atoms with Crippen LogP contribution in [0.25, 0.3) is 16.6 Å². The van der Waals surface area contributed by atoms with E-state index in [0.717, 1.165) is 52.2 Å². The second kappa shape index (κ2) is 10.4. The Morgan fingerprint density at radius 2 is 1.92 bits per heavy atom. The summed E-state index contributed by atoms with van der Waals surface area (Å²) in [5, 5.41) is 6.42. The lowest BCUT2D eigenvalue weighted by Crippen LogP contribution is -2.41. The summed E-state index contributed by atoms with van der Waals surface area (Å²) < 4.78 is 8.32. The minimum absolute atomic E-state index is 0.00491. The number of fused-ring (bicyclic) bond motifs is 1. The Morgan fingerprint density at radius 3 is 2.62 bits per heavy atom. The fourth-order valence-electron chi connectivity index (χ4n) is 5.41. The van der Waals surface area contributed by atoms with Gasteiger partial charge in [-0.25, -0.2) is 0 Å². The molecule has 1 amide bonds. The van der Waals surface area contributed by atoms with Crippen LogP contribution in [-0.4, -0.2) is 41.1 Å². The quantitative estimate of drug-likeness (QED) is 0.371. The molecule has 1 fully saturated rings. The number of aromatic nitrogens is 2. The Hall–Kier alpha value is -3.68. The van der Waals surface area contributed by atoms with Crippen LogP contribution in [0.2, 0.25) is 0 Å². The fraction of sp³-hybridized carbons (Fsp3) is 0.333. The molecule has 37 heavy (non-hydrogen) atoms. The molecule has 2 unspecified atom stereocenters. The van der Waals surface area contributed by atoms with Crippen LogP contribution in [0.3, 0.4) is 0 Å². The molecule has 0 aliphatic carbocycles. The Kier molecular flexibility index (Phi) is 7.00. The first kappa shape index (κ1) is 25.0. The predicted molar refractivity (Wildman–Crippen MR) is 146 cm³/mol. The number of carbonyl (C=O) groups excluding carboxylic acids is 1. The molecule has 1 aliphatic heterocycles. The summed E-state index contributed by atoms with van der Waals surface area (Å²) in [6.07, 6.45) is 2.15. The maximum Gasteiger partial charge on any atom is 0.253 e. The molecule has 5 rings (SSSR count). The first-order chi connectivity index (χ1) is 17.8. The molecule has 192 valence electrons. The Morgan fingerprint density at radius 1 is 1.14 bits per heavy atom. The number of nitrogens with zero attached hydrogens (tertiary/aromatic N) is 1. The number of aryl methyl sites for hydroxylation is 2. The van der Waals surface area contributed by atoms with Crippen LogP contribution in [0.4, 0.5) is 0 Å². The third-order valence-electron chi connectivity index (χ3n) is 7.41. The van der Waals surface area contributed by atoms with Gasteiger partial charge in [-0.05, 0) is 55.7 Å². The lowest BCUT2D eigenvalue weighted by molar-refractivity contribution is 0.0135. The van der Waals surface area contributed by atoms with Gasteiger partial charge in [0.15, 0.2) is 0 Å². The molecular weight excluding hydrogens is 464 g/mol. The number of ether oxygens (including phenoxy) is 1. The summed E-state index contributed by atoms with van der Waals surface area (Å²) in [7, 11) is 0. The Balaban J connectivity index is 1.56. The van der Waals surface area contributed by atoms with Crippen molar-refractivity contribution in [1.29, 1.82) is 0 Å². The molecule has 4 heterocycles. The van der Waals surface area contributed by atoms with Gasteiger partial charge in [-0.2, -0.15) is 0 Å². The number of hydrogen-bond donors (Lipinski definition) is 3. The van der Waals surface area contributed by atoms with E-state index in [4.69, 9.17) is 4.74 Å². The second-order valence-electron chi connectivity index (χ2n) is 9.99. The molecule has 4 aromatic rings. The van der Waals surface area contributed by atoms with Gasteiger partial charge in [0, 0.05) is 65.3 Å². The highest BCUT2D eigenvalue weighted by Crippen LogP contribution is 2.32. The SMILES string of the molecule is Cc1cc(C)c(CNC(=O)c2cc3cc(-c4ccccc4)cn3c(C(C)C3CNCCO3)c2C)c(=O)[nH]1. The number of rotatable bonds is 6. The van der Waals surface area contributed by atoms with E-state index in [9.17, 15) is 9.59 Å². The fourth-order valence-corrected chi connectivity index (χ4v) is 5.41. The van der Waals surface area contributed by atoms with Crippen molar-refractivity contribution in [2.75, 3.05) is 19.7 Å². The van der Waals surface area contributed by atoms with Gasteiger partial charge in [0.05, 0.1) is 12.7 Å². The van der Waals surface area contributed by atoms with Crippen LogP contribution in [0.15, 0.2) is 59.5 Å². The van der Waals surface area contributed by atoms with Crippen molar-refractivity contribution in [3.63, 3.8) is 0 Å². The summed E-state index contributed by atoms with van der Waals surface area (Å²) in [5.41, 5.74) is 7.82. The van der Waals surface area contributed by atoms with E-state index in [1.165, 1.54) is 0 Å². The van der Waals surface area contributed by atoms with Crippen LogP contribution >= 0.6 is 0 Å². The molecule has 0 saturated carbocycles. The number of benzene rings is 1. The lowest BCUT2D eigenvalue weighted by Gasteiger charge is -2.31. The molecule has 7 heteroatoms. The maximum atomic E-state index is 13.5. The van der Waals surface area contributed by atoms with Crippen molar-refractivity contribution >= 4 is 11.4 Å². The van der Waals surface area contributed by atoms with E-state index < -0.39 is 0 Å². The first-order valence-corrected chi connectivity index (χ1v) is 12.8. The number of nitrogens with one attached hydrogen (secondary N) is 3. The van der Waals surface area contributed by atoms with Crippen LogP contribution in [0.5, 0.6) is 0 Å². The third kappa shape index (κ3) is 4.97. The zero-order chi connectivity index (χ0) is 26.1. The molecular formula is C30H34N4O3. The molecule has 2 atom stereocenters. The minimum Gasteiger partial charge on any atom is -0.375 e. The number of aromatic amines is 1. The topological polar surface area (TPSA) is 87.6 Å². The normalized spacial score (nSPS) is 16.6. The van der Waals surface area contributed by atoms with E-state index in [1.807, 2.05) is 51.1 Å². The van der Waals surface area contributed by atoms with Gasteiger partial charge in [0.2, 0.25) is 0 Å². The van der Waals surface area contributed by atoms with Crippen LogP contribution in [-0.2, 0) is 11.3 Å². The summed E-state index contributed by atoms with van der Waals surface area (Å²) in [5.74, 6) is -0.140. The van der Waals surface area contributed by atoms with Crippen molar-refractivity contribution in [1.82, 2.24) is 20.0 Å². The Bertz CT molecular complexity index is 1500. The summed E-state index contributed by atoms with van der Waals surface area (Å²) in [6.45, 7) is 10.4. The second-order valence-corrected chi connectivity index (χ2v) is 9.99. The summed E-state index contributed by atoms with van der Waals surface area (Å²) >= 11 is 0. The molecule has 0 radical (unpaired) electrons. The average Bonchev–Trinajstić information content (AvgIpc) is 3.32. The van der Waals surface area contributed by atoms with E-state index in [1.54, 1.807) is 0 Å². The van der Waals surface area contributed by atoms with Crippen molar-refractivity contribution in [2.45, 2.75) is 46.3 Å². The van der Waals surface area contributed by atoms with E-state index >= 15 is 0 Å². The zero-order valence-corrected chi connectivity index (χ0v) is 21.9. The summed E-state index contributed by atoms with van der Waals surface area (Å²) in [4.78, 5) is 28.8. The number of hydrogen-bond acceptors (Lipinski definition) is 4. The number of pyridine rings is 2. The van der Waals surface area contributed by atoms with Crippen LogP contribution in [0.1, 0.15) is 51.3 Å². The van der Waals surface area contributed by atoms with E-state index in [0.29, 0.717) is 17.7 Å². The van der Waals surface area contributed by atoms with Crippen LogP contribution in [0, 0.1) is 20.8 Å². The van der Waals surface area contributed by atoms with E-state index in [-0.39, 0.29) is 30.0 Å².